The molecule has 2 fully saturated rings. The fourth-order valence-electron chi connectivity index (χ4n) is 3.79. The van der Waals surface area contributed by atoms with E-state index in [1.165, 1.54) is 25.9 Å². The van der Waals surface area contributed by atoms with Gasteiger partial charge in [0.15, 0.2) is 0 Å². The van der Waals surface area contributed by atoms with Gasteiger partial charge in [-0.2, -0.15) is 0 Å². The van der Waals surface area contributed by atoms with Crippen molar-refractivity contribution < 1.29 is 9.90 Å². The van der Waals surface area contributed by atoms with Crippen LogP contribution in [0.5, 0.6) is 0 Å². The summed E-state index contributed by atoms with van der Waals surface area (Å²) in [4.78, 5) is 17.1. The van der Waals surface area contributed by atoms with Crippen LogP contribution in [0.3, 0.4) is 0 Å². The lowest BCUT2D eigenvalue weighted by Crippen LogP contribution is -2.36. The van der Waals surface area contributed by atoms with Gasteiger partial charge in [-0.3, -0.25) is 4.79 Å². The van der Waals surface area contributed by atoms with E-state index in [-0.39, 0.29) is 12.0 Å². The summed E-state index contributed by atoms with van der Waals surface area (Å²) in [6.07, 6.45) is 4.08. The van der Waals surface area contributed by atoms with Crippen molar-refractivity contribution in [3.05, 3.63) is 29.8 Å². The molecule has 2 aliphatic heterocycles. The third-order valence-electron chi connectivity index (χ3n) is 5.34. The number of benzene rings is 1. The number of carbonyl (C=O) groups is 1. The first-order valence-electron chi connectivity index (χ1n) is 9.65. The topological polar surface area (TPSA) is 55.8 Å². The Morgan fingerprint density at radius 2 is 1.80 bits per heavy atom. The number of aliphatic hydroxyl groups is 1. The van der Waals surface area contributed by atoms with Crippen molar-refractivity contribution in [3.63, 3.8) is 0 Å². The number of hydrogen-bond acceptors (Lipinski definition) is 4. The van der Waals surface area contributed by atoms with Crippen LogP contribution in [0.1, 0.15) is 43.0 Å². The minimum Gasteiger partial charge on any atom is -0.393 e. The van der Waals surface area contributed by atoms with Crippen LogP contribution in [0.25, 0.3) is 0 Å². The first kappa shape index (κ1) is 18.2. The number of nitrogens with one attached hydrogen (secondary N) is 1. The molecule has 0 aromatic heterocycles. The molecular weight excluding hydrogens is 314 g/mol. The summed E-state index contributed by atoms with van der Waals surface area (Å²) in [6, 6.07) is 7.84. The second kappa shape index (κ2) is 8.68. The molecule has 5 heteroatoms. The molecule has 1 amide bonds. The Balaban J connectivity index is 1.45. The highest BCUT2D eigenvalue weighted by Gasteiger charge is 2.18. The van der Waals surface area contributed by atoms with Crippen molar-refractivity contribution in [2.45, 2.75) is 38.7 Å². The number of carbonyl (C=O) groups excluding carboxylic acids is 1. The van der Waals surface area contributed by atoms with Crippen LogP contribution in [-0.2, 0) is 0 Å². The Morgan fingerprint density at radius 3 is 2.44 bits per heavy atom. The molecule has 2 N–H and O–H groups in total. The number of aliphatic hydroxyl groups excluding tert-OH is 1. The van der Waals surface area contributed by atoms with Crippen LogP contribution in [-0.4, -0.2) is 61.3 Å². The minimum absolute atomic E-state index is 0.00823. The van der Waals surface area contributed by atoms with Gasteiger partial charge in [0.25, 0.3) is 5.91 Å². The van der Waals surface area contributed by atoms with Gasteiger partial charge in [0.05, 0.1) is 6.10 Å². The second-order valence-corrected chi connectivity index (χ2v) is 7.59. The summed E-state index contributed by atoms with van der Waals surface area (Å²) < 4.78 is 0. The normalized spacial score (nSPS) is 20.6. The lowest BCUT2D eigenvalue weighted by Gasteiger charge is -2.31. The van der Waals surface area contributed by atoms with Gasteiger partial charge >= 0.3 is 0 Å². The number of hydrogen-bond donors (Lipinski definition) is 2. The third-order valence-corrected chi connectivity index (χ3v) is 5.34. The largest absolute Gasteiger partial charge is 0.393 e. The molecular formula is C20H31N3O2. The van der Waals surface area contributed by atoms with Crippen molar-refractivity contribution >= 4 is 11.6 Å². The second-order valence-electron chi connectivity index (χ2n) is 7.59. The molecule has 0 aliphatic carbocycles. The molecule has 2 heterocycles. The Kier molecular flexibility index (Phi) is 6.32. The molecule has 1 unspecified atom stereocenters. The predicted molar refractivity (Wildman–Crippen MR) is 101 cm³/mol. The van der Waals surface area contributed by atoms with Crippen LogP contribution < -0.4 is 10.2 Å². The van der Waals surface area contributed by atoms with Crippen LogP contribution in [0.15, 0.2) is 24.3 Å². The van der Waals surface area contributed by atoms with Crippen molar-refractivity contribution in [1.29, 1.82) is 0 Å². The quantitative estimate of drug-likeness (QED) is 0.829. The maximum absolute atomic E-state index is 12.3. The van der Waals surface area contributed by atoms with Gasteiger partial charge in [0.2, 0.25) is 0 Å². The van der Waals surface area contributed by atoms with Gasteiger partial charge in [0.1, 0.15) is 0 Å². The molecule has 1 aromatic carbocycles. The van der Waals surface area contributed by atoms with E-state index in [1.807, 2.05) is 24.3 Å². The molecule has 138 valence electrons. The number of piperidine rings is 1. The number of amides is 1. The van der Waals surface area contributed by atoms with E-state index >= 15 is 0 Å². The Hall–Kier alpha value is -1.59. The minimum atomic E-state index is -0.163. The first-order valence-corrected chi connectivity index (χ1v) is 9.65. The van der Waals surface area contributed by atoms with Crippen LogP contribution in [0.4, 0.5) is 5.69 Å². The highest BCUT2D eigenvalue weighted by atomic mass is 16.3. The Labute approximate surface area is 151 Å². The van der Waals surface area contributed by atoms with Crippen molar-refractivity contribution in [2.24, 2.45) is 5.92 Å². The Morgan fingerprint density at radius 1 is 1.16 bits per heavy atom. The van der Waals surface area contributed by atoms with Gasteiger partial charge in [-0.25, -0.2) is 0 Å². The number of nitrogens with zero attached hydrogens (tertiary/aromatic N) is 2. The van der Waals surface area contributed by atoms with Gasteiger partial charge in [-0.1, -0.05) is 6.92 Å². The molecule has 0 saturated carbocycles. The molecule has 0 radical (unpaired) electrons. The fourth-order valence-corrected chi connectivity index (χ4v) is 3.79. The van der Waals surface area contributed by atoms with Crippen molar-refractivity contribution in [2.75, 3.05) is 44.2 Å². The van der Waals surface area contributed by atoms with Crippen LogP contribution in [0.2, 0.25) is 0 Å². The number of anilines is 1. The average molecular weight is 345 g/mol. The molecule has 2 saturated heterocycles. The molecule has 0 bridgehead atoms. The average Bonchev–Trinajstić information content (AvgIpc) is 3.13. The van der Waals surface area contributed by atoms with E-state index in [0.717, 1.165) is 44.7 Å². The lowest BCUT2D eigenvalue weighted by atomic mass is 10.1. The maximum atomic E-state index is 12.3. The molecule has 0 spiro atoms. The standard InChI is InChI=1S/C20H31N3O2/c1-16(15-22-10-2-3-11-22)14-21-20(25)17-4-6-18(7-5-17)23-12-8-19(24)9-13-23/h4-7,16,19,24H,2-3,8-15H2,1H3,(H,21,25). The SMILES string of the molecule is CC(CNC(=O)c1ccc(N2CCC(O)CC2)cc1)CN1CCCC1. The van der Waals surface area contributed by atoms with Crippen LogP contribution in [0, 0.1) is 5.92 Å². The third kappa shape index (κ3) is 5.19. The van der Waals surface area contributed by atoms with Gasteiger partial charge in [-0.15, -0.1) is 0 Å². The van der Waals surface area contributed by atoms with Crippen molar-refractivity contribution in [3.8, 4) is 0 Å². The zero-order valence-electron chi connectivity index (χ0n) is 15.3. The van der Waals surface area contributed by atoms with E-state index in [9.17, 15) is 9.90 Å². The lowest BCUT2D eigenvalue weighted by molar-refractivity contribution is 0.0945. The summed E-state index contributed by atoms with van der Waals surface area (Å²) in [7, 11) is 0. The summed E-state index contributed by atoms with van der Waals surface area (Å²) in [5, 5.41) is 12.7. The summed E-state index contributed by atoms with van der Waals surface area (Å²) >= 11 is 0. The predicted octanol–water partition coefficient (Wildman–Crippen LogP) is 2.11. The highest BCUT2D eigenvalue weighted by Crippen LogP contribution is 2.20. The summed E-state index contributed by atoms with van der Waals surface area (Å²) in [5.74, 6) is 0.481. The van der Waals surface area contributed by atoms with Gasteiger partial charge in [0, 0.05) is 37.4 Å². The first-order chi connectivity index (χ1) is 12.1. The van der Waals surface area contributed by atoms with E-state index in [2.05, 4.69) is 22.0 Å². The van der Waals surface area contributed by atoms with Crippen molar-refractivity contribution in [1.82, 2.24) is 10.2 Å². The summed E-state index contributed by atoms with van der Waals surface area (Å²) in [6.45, 7) is 8.15. The van der Waals surface area contributed by atoms with Gasteiger partial charge < -0.3 is 20.2 Å². The van der Waals surface area contributed by atoms with E-state index < -0.39 is 0 Å². The highest BCUT2D eigenvalue weighted by molar-refractivity contribution is 5.94. The zero-order valence-corrected chi connectivity index (χ0v) is 15.3. The molecule has 5 nitrogen and oxygen atoms in total. The number of likely N-dealkylation sites (tertiary alicyclic amines) is 1. The maximum Gasteiger partial charge on any atom is 0.251 e. The Bertz CT molecular complexity index is 547. The molecule has 3 rings (SSSR count). The summed E-state index contributed by atoms with van der Waals surface area (Å²) in [5.41, 5.74) is 1.85. The number of rotatable bonds is 6. The monoisotopic (exact) mass is 345 g/mol. The fraction of sp³-hybridized carbons (Fsp3) is 0.650. The zero-order chi connectivity index (χ0) is 17.6. The van der Waals surface area contributed by atoms with E-state index in [1.54, 1.807) is 0 Å². The molecule has 1 atom stereocenters. The smallest absolute Gasteiger partial charge is 0.251 e. The van der Waals surface area contributed by atoms with E-state index in [0.29, 0.717) is 11.5 Å². The van der Waals surface area contributed by atoms with Crippen LogP contribution >= 0.6 is 0 Å². The van der Waals surface area contributed by atoms with Gasteiger partial charge in [-0.05, 0) is 69.0 Å². The van der Waals surface area contributed by atoms with E-state index in [4.69, 9.17) is 0 Å². The molecule has 25 heavy (non-hydrogen) atoms. The molecule has 1 aromatic rings. The molecule has 2 aliphatic rings.